The van der Waals surface area contributed by atoms with E-state index in [4.69, 9.17) is 17.3 Å². The van der Waals surface area contributed by atoms with E-state index in [1.807, 2.05) is 0 Å². The fourth-order valence-corrected chi connectivity index (χ4v) is 1.98. The Balaban J connectivity index is 2.01. The van der Waals surface area contributed by atoms with Crippen molar-refractivity contribution in [2.24, 2.45) is 11.7 Å². The van der Waals surface area contributed by atoms with Crippen molar-refractivity contribution in [3.63, 3.8) is 0 Å². The highest BCUT2D eigenvalue weighted by Crippen LogP contribution is 2.20. The second-order valence-electron chi connectivity index (χ2n) is 3.85. The number of aromatic nitrogens is 2. The molecule has 2 N–H and O–H groups in total. The molecule has 4 nitrogen and oxygen atoms in total. The minimum atomic E-state index is 0.501. The summed E-state index contributed by atoms with van der Waals surface area (Å²) in [5, 5.41) is 0.501. The summed E-state index contributed by atoms with van der Waals surface area (Å²) in [4.78, 5) is 10.6. The van der Waals surface area contributed by atoms with E-state index in [9.17, 15) is 0 Å². The van der Waals surface area contributed by atoms with E-state index < -0.39 is 0 Å². The van der Waals surface area contributed by atoms with Crippen molar-refractivity contribution in [2.45, 2.75) is 12.8 Å². The second-order valence-corrected chi connectivity index (χ2v) is 4.23. The summed E-state index contributed by atoms with van der Waals surface area (Å²) in [6.07, 6.45) is 3.93. The summed E-state index contributed by atoms with van der Waals surface area (Å²) < 4.78 is 0. The quantitative estimate of drug-likeness (QED) is 0.773. The van der Waals surface area contributed by atoms with Gasteiger partial charge < -0.3 is 10.6 Å². The van der Waals surface area contributed by atoms with Gasteiger partial charge in [0.15, 0.2) is 0 Å². The maximum Gasteiger partial charge on any atom is 0.226 e. The van der Waals surface area contributed by atoms with Crippen molar-refractivity contribution >= 4 is 17.5 Å². The lowest BCUT2D eigenvalue weighted by atomic mass is 9.97. The SMILES string of the molecule is NCC1CCN(c2nccc(Cl)n2)CC1. The molecular formula is C10H15ClN4. The fourth-order valence-electron chi connectivity index (χ4n) is 1.85. The first-order chi connectivity index (χ1) is 7.29. The van der Waals surface area contributed by atoms with Gasteiger partial charge in [0.1, 0.15) is 5.15 Å². The summed E-state index contributed by atoms with van der Waals surface area (Å²) in [6.45, 7) is 2.73. The fraction of sp³-hybridized carbons (Fsp3) is 0.600. The summed E-state index contributed by atoms with van der Waals surface area (Å²) in [5.41, 5.74) is 5.64. The molecule has 0 amide bonds. The predicted molar refractivity (Wildman–Crippen MR) is 61.0 cm³/mol. The Morgan fingerprint density at radius 1 is 1.47 bits per heavy atom. The summed E-state index contributed by atoms with van der Waals surface area (Å²) in [5.74, 6) is 1.39. The Bertz CT molecular complexity index is 323. The van der Waals surface area contributed by atoms with Gasteiger partial charge in [-0.15, -0.1) is 0 Å². The molecule has 0 radical (unpaired) electrons. The van der Waals surface area contributed by atoms with E-state index in [-0.39, 0.29) is 0 Å². The lowest BCUT2D eigenvalue weighted by molar-refractivity contribution is 0.411. The lowest BCUT2D eigenvalue weighted by Gasteiger charge is -2.31. The summed E-state index contributed by atoms with van der Waals surface area (Å²) in [6, 6.07) is 1.69. The highest BCUT2D eigenvalue weighted by molar-refractivity contribution is 6.29. The smallest absolute Gasteiger partial charge is 0.226 e. The van der Waals surface area contributed by atoms with Gasteiger partial charge >= 0.3 is 0 Å². The molecule has 1 aliphatic heterocycles. The molecule has 1 aromatic heterocycles. The normalized spacial score (nSPS) is 18.1. The van der Waals surface area contributed by atoms with Crippen LogP contribution in [-0.2, 0) is 0 Å². The number of piperidine rings is 1. The zero-order chi connectivity index (χ0) is 10.7. The first-order valence-electron chi connectivity index (χ1n) is 5.23. The van der Waals surface area contributed by atoms with Crippen LogP contribution < -0.4 is 10.6 Å². The maximum absolute atomic E-state index is 5.82. The highest BCUT2D eigenvalue weighted by atomic mass is 35.5. The number of hydrogen-bond donors (Lipinski definition) is 1. The molecule has 1 aromatic rings. The van der Waals surface area contributed by atoms with Crippen LogP contribution in [0.4, 0.5) is 5.95 Å². The van der Waals surface area contributed by atoms with Crippen LogP contribution in [0.5, 0.6) is 0 Å². The molecule has 1 saturated heterocycles. The first kappa shape index (κ1) is 10.6. The van der Waals surface area contributed by atoms with E-state index in [0.29, 0.717) is 11.1 Å². The minimum Gasteiger partial charge on any atom is -0.341 e. The van der Waals surface area contributed by atoms with E-state index in [1.54, 1.807) is 12.3 Å². The zero-order valence-electron chi connectivity index (χ0n) is 8.56. The van der Waals surface area contributed by atoms with Gasteiger partial charge in [-0.1, -0.05) is 11.6 Å². The number of rotatable bonds is 2. The third-order valence-electron chi connectivity index (χ3n) is 2.84. The van der Waals surface area contributed by atoms with Crippen LogP contribution in [0.25, 0.3) is 0 Å². The molecule has 1 fully saturated rings. The molecule has 0 bridgehead atoms. The van der Waals surface area contributed by atoms with Crippen LogP contribution in [0.15, 0.2) is 12.3 Å². The predicted octanol–water partition coefficient (Wildman–Crippen LogP) is 1.31. The Labute approximate surface area is 94.5 Å². The largest absolute Gasteiger partial charge is 0.341 e. The van der Waals surface area contributed by atoms with Gasteiger partial charge in [0, 0.05) is 19.3 Å². The molecular weight excluding hydrogens is 212 g/mol. The van der Waals surface area contributed by atoms with Gasteiger partial charge in [-0.25, -0.2) is 9.97 Å². The molecule has 5 heteroatoms. The van der Waals surface area contributed by atoms with E-state index >= 15 is 0 Å². The molecule has 0 saturated carbocycles. The number of halogens is 1. The number of anilines is 1. The van der Waals surface area contributed by atoms with Crippen molar-refractivity contribution in [3.8, 4) is 0 Å². The van der Waals surface area contributed by atoms with Gasteiger partial charge in [0.05, 0.1) is 0 Å². The van der Waals surface area contributed by atoms with Crippen LogP contribution >= 0.6 is 11.6 Å². The lowest BCUT2D eigenvalue weighted by Crippen LogP contribution is -2.37. The minimum absolute atomic E-state index is 0.501. The third kappa shape index (κ3) is 2.58. The number of hydrogen-bond acceptors (Lipinski definition) is 4. The summed E-state index contributed by atoms with van der Waals surface area (Å²) in [7, 11) is 0. The van der Waals surface area contributed by atoms with E-state index in [1.165, 1.54) is 0 Å². The molecule has 0 aliphatic carbocycles. The monoisotopic (exact) mass is 226 g/mol. The van der Waals surface area contributed by atoms with Gasteiger partial charge in [0.2, 0.25) is 5.95 Å². The summed E-state index contributed by atoms with van der Waals surface area (Å²) >= 11 is 5.82. The molecule has 15 heavy (non-hydrogen) atoms. The standard InChI is InChI=1S/C10H15ClN4/c11-9-1-4-13-10(14-9)15-5-2-8(7-12)3-6-15/h1,4,8H,2-3,5-7,12H2. The average Bonchev–Trinajstić information content (AvgIpc) is 2.29. The third-order valence-corrected chi connectivity index (χ3v) is 3.05. The molecule has 0 spiro atoms. The first-order valence-corrected chi connectivity index (χ1v) is 5.61. The Kier molecular flexibility index (Phi) is 3.38. The maximum atomic E-state index is 5.82. The van der Waals surface area contributed by atoms with Crippen LogP contribution in [0.1, 0.15) is 12.8 Å². The highest BCUT2D eigenvalue weighted by Gasteiger charge is 2.19. The second kappa shape index (κ2) is 4.77. The number of nitrogens with two attached hydrogens (primary N) is 1. The van der Waals surface area contributed by atoms with Gasteiger partial charge in [-0.2, -0.15) is 0 Å². The Morgan fingerprint density at radius 3 is 2.80 bits per heavy atom. The molecule has 0 unspecified atom stereocenters. The molecule has 2 heterocycles. The van der Waals surface area contributed by atoms with Gasteiger partial charge in [-0.3, -0.25) is 0 Å². The number of nitrogens with zero attached hydrogens (tertiary/aromatic N) is 3. The van der Waals surface area contributed by atoms with E-state index in [0.717, 1.165) is 38.4 Å². The zero-order valence-corrected chi connectivity index (χ0v) is 9.32. The average molecular weight is 227 g/mol. The van der Waals surface area contributed by atoms with Crippen molar-refractivity contribution in [1.82, 2.24) is 9.97 Å². The van der Waals surface area contributed by atoms with Crippen LogP contribution in [0, 0.1) is 5.92 Å². The van der Waals surface area contributed by atoms with Crippen molar-refractivity contribution in [1.29, 1.82) is 0 Å². The Hall–Kier alpha value is -0.870. The van der Waals surface area contributed by atoms with Crippen molar-refractivity contribution in [2.75, 3.05) is 24.5 Å². The van der Waals surface area contributed by atoms with Gasteiger partial charge in [0.25, 0.3) is 0 Å². The van der Waals surface area contributed by atoms with Crippen LogP contribution in [0.2, 0.25) is 5.15 Å². The topological polar surface area (TPSA) is 55.0 Å². The molecule has 1 aliphatic rings. The van der Waals surface area contributed by atoms with Gasteiger partial charge in [-0.05, 0) is 31.4 Å². The molecule has 0 atom stereocenters. The molecule has 0 aromatic carbocycles. The van der Waals surface area contributed by atoms with Crippen LogP contribution in [-0.4, -0.2) is 29.6 Å². The Morgan fingerprint density at radius 2 is 2.20 bits per heavy atom. The molecule has 82 valence electrons. The van der Waals surface area contributed by atoms with Crippen molar-refractivity contribution < 1.29 is 0 Å². The van der Waals surface area contributed by atoms with Crippen LogP contribution in [0.3, 0.4) is 0 Å². The van der Waals surface area contributed by atoms with Crippen molar-refractivity contribution in [3.05, 3.63) is 17.4 Å². The molecule has 2 rings (SSSR count). The van der Waals surface area contributed by atoms with E-state index in [2.05, 4.69) is 14.9 Å².